The molecule has 0 saturated carbocycles. The number of alkyl halides is 3. The molecule has 8 aliphatic rings. The van der Waals surface area contributed by atoms with Gasteiger partial charge in [0, 0.05) is 53.5 Å². The second kappa shape index (κ2) is 37.9. The number of likely N-dealkylation sites (N-methyl/N-ethyl adjacent to an activating group) is 1. The lowest BCUT2D eigenvalue weighted by atomic mass is 9.84. The van der Waals surface area contributed by atoms with Gasteiger partial charge in [0.05, 0.1) is 41.3 Å². The summed E-state index contributed by atoms with van der Waals surface area (Å²) < 4.78 is 81.6. The van der Waals surface area contributed by atoms with E-state index in [-0.39, 0.29) is 59.3 Å². The lowest BCUT2D eigenvalue weighted by Crippen LogP contribution is -2.65. The first-order valence-corrected chi connectivity index (χ1v) is 39.8. The maximum atomic E-state index is 16.2. The van der Waals surface area contributed by atoms with E-state index in [2.05, 4.69) is 52.6 Å². The van der Waals surface area contributed by atoms with Crippen LogP contribution in [-0.4, -0.2) is 228 Å². The molecule has 9 amide bonds. The molecule has 18 atom stereocenters. The number of aliphatic carboxylic acids is 1. The van der Waals surface area contributed by atoms with Gasteiger partial charge in [-0.05, 0) is 166 Å². The van der Waals surface area contributed by atoms with Gasteiger partial charge in [-0.25, -0.2) is 9.59 Å². The van der Waals surface area contributed by atoms with E-state index < -0.39 is 260 Å². The Morgan fingerprint density at radius 1 is 0.715 bits per heavy atom. The molecule has 0 radical (unpaired) electrons. The van der Waals surface area contributed by atoms with Gasteiger partial charge < -0.3 is 143 Å². The molecule has 662 valence electrons. The molecule has 8 heterocycles. The van der Waals surface area contributed by atoms with Crippen LogP contribution in [0.2, 0.25) is 10.0 Å². The van der Waals surface area contributed by atoms with Crippen molar-refractivity contribution in [1.82, 2.24) is 47.4 Å². The highest BCUT2D eigenvalue weighted by molar-refractivity contribution is 6.32. The van der Waals surface area contributed by atoms with Crippen LogP contribution >= 0.6 is 23.2 Å². The molecule has 21 N–H and O–H groups in total. The summed E-state index contributed by atoms with van der Waals surface area (Å²) in [5.74, 6) is -16.8. The molecule has 42 heteroatoms. The minimum absolute atomic E-state index is 0.0485. The smallest absolute Gasteiger partial charge is 0.508 e. The number of nitrogens with zero attached hydrogens (tertiary/aromatic N) is 1. The zero-order chi connectivity index (χ0) is 89.1. The molecule has 123 heavy (non-hydrogen) atoms. The quantitative estimate of drug-likeness (QED) is 0.0545. The van der Waals surface area contributed by atoms with Crippen molar-refractivity contribution >= 4 is 82.2 Å². The average Bonchev–Trinajstić information content (AvgIpc) is 0.766. The summed E-state index contributed by atoms with van der Waals surface area (Å²) in [6, 6.07) is 3.11. The van der Waals surface area contributed by atoms with Crippen LogP contribution in [0.5, 0.6) is 51.7 Å². The number of carbonyl (C=O) groups excluding carboxylic acids is 8. The molecule has 3 saturated heterocycles. The number of hydrogen-bond acceptors (Lipinski definition) is 27. The van der Waals surface area contributed by atoms with Gasteiger partial charge in [-0.15, -0.1) is 13.2 Å². The zero-order valence-electron chi connectivity index (χ0n) is 66.3. The fourth-order valence-corrected chi connectivity index (χ4v) is 16.0. The number of halogens is 5. The van der Waals surface area contributed by atoms with Crippen molar-refractivity contribution < 1.29 is 141 Å². The summed E-state index contributed by atoms with van der Waals surface area (Å²) in [4.78, 5) is 133. The molecule has 0 aromatic heterocycles. The number of urea groups is 1. The Hall–Kier alpha value is -11.1. The number of carboxylic acid groups (broad SMARTS) is 1. The van der Waals surface area contributed by atoms with E-state index >= 15 is 14.4 Å². The largest absolute Gasteiger partial charge is 0.573 e. The number of primary amides is 1. The summed E-state index contributed by atoms with van der Waals surface area (Å²) in [6.45, 7) is 6.73. The van der Waals surface area contributed by atoms with Crippen molar-refractivity contribution in [2.24, 2.45) is 17.6 Å². The first-order chi connectivity index (χ1) is 58.2. The predicted molar refractivity (Wildman–Crippen MR) is 424 cm³/mol. The van der Waals surface area contributed by atoms with Gasteiger partial charge in [-0.1, -0.05) is 55.2 Å². The monoisotopic (exact) mass is 1760 g/mol. The standard InChI is InChI=1S/C81H92Cl2F3N11O26/c1-33(2)22-47(88-5)71(108)95-62-64(103)37-7-14-51(45(82)24-37)118-53-26-39-27-54(68(53)122-78-69(67(106)66(105)55(32-98)120-78)121-57-31-80(4,70(107)34(3)117-57)89-19-16-35-17-20-97(21-18-35)79(116)90-40-9-11-42(12-10-40)123-81(84,85)86)119-52-15-8-38(25-46(52)83)65(104)63-76(113)94-61(77(114)115)44-28-41(99)29-50(101)58(44)43-23-36(6-13-49(43)100)59(73(110)96-63)93-74(111)60(39)92-72(109)48(30-56(87)102)91-75(62)112/h6-15,23-29,33-35,47-48,55,57,59-67,69-70,78,88-89,98-101,103-107H,16-22,30-32H2,1-5H3,(H2,87,102)(H,90,116)(H,91,112)(H,92,109)(H,93,111)(H,94,113)(H,95,108)(H,96,110)(H,114,115)/t34-,47+,48-,55+,57?,59+,60+,61+,62+,63-,64+,65+,66+,67-,69+,70+,78-,80-/m0/s1. The Balaban J connectivity index is 0.965. The zero-order valence-corrected chi connectivity index (χ0v) is 67.8. The number of nitrogens with one attached hydrogen (secondary N) is 9. The summed E-state index contributed by atoms with van der Waals surface area (Å²) in [5, 5.41) is 139. The normalized spacial score (nSPS) is 27.3. The van der Waals surface area contributed by atoms with E-state index in [1.807, 2.05) is 0 Å². The predicted octanol–water partition coefficient (Wildman–Crippen LogP) is 3.97. The number of aromatic hydroxyl groups is 3. The number of carbonyl (C=O) groups is 9. The molecule has 1 unspecified atom stereocenters. The number of hydrogen-bond donors (Lipinski definition) is 20. The van der Waals surface area contributed by atoms with Gasteiger partial charge in [0.15, 0.2) is 29.9 Å². The maximum absolute atomic E-state index is 16.2. The van der Waals surface area contributed by atoms with Gasteiger partial charge >= 0.3 is 18.4 Å². The second-order valence-corrected chi connectivity index (χ2v) is 32.1. The van der Waals surface area contributed by atoms with E-state index in [1.165, 1.54) is 38.2 Å². The first kappa shape index (κ1) is 91.1. The molecule has 0 aliphatic carbocycles. The van der Waals surface area contributed by atoms with Gasteiger partial charge in [0.25, 0.3) is 0 Å². The van der Waals surface area contributed by atoms with Gasteiger partial charge in [0.2, 0.25) is 53.4 Å². The van der Waals surface area contributed by atoms with Crippen molar-refractivity contribution in [2.45, 2.75) is 182 Å². The van der Waals surface area contributed by atoms with Crippen LogP contribution in [0.3, 0.4) is 0 Å². The van der Waals surface area contributed by atoms with Crippen LogP contribution in [-0.2, 0) is 52.6 Å². The third-order valence-electron chi connectivity index (χ3n) is 22.1. The number of phenolic OH excluding ortho intramolecular Hbond substituents is 3. The number of aliphatic hydroxyl groups is 6. The summed E-state index contributed by atoms with van der Waals surface area (Å²) in [6.07, 6.45) is -22.5. The summed E-state index contributed by atoms with van der Waals surface area (Å²) in [7, 11) is 1.46. The van der Waals surface area contributed by atoms with Crippen molar-refractivity contribution in [3.63, 3.8) is 0 Å². The third-order valence-corrected chi connectivity index (χ3v) is 22.6. The minimum atomic E-state index is -4.91. The van der Waals surface area contributed by atoms with Crippen LogP contribution in [0.4, 0.5) is 23.7 Å². The lowest BCUT2D eigenvalue weighted by Gasteiger charge is -2.48. The van der Waals surface area contributed by atoms with Crippen LogP contribution in [0.15, 0.2) is 103 Å². The number of ether oxygens (including phenoxy) is 7. The SMILES string of the molecule is CN[C@H](CC(C)C)C(=O)N[C@H]1C(=O)N[C@@H](CC(N)=O)C(=O)N[C@H]2C(=O)N[C@H]3C(=O)N[C@H](C(=O)N[C@@H](C(=O)O)c4cc(O)cc(O)c4-c4cc3ccc4O)[C@H](O)c3ccc(c(Cl)c3)Oc3cc2cc(c3O[C@@H]2O[C@H](CO)[C@@H](O)[C@H](O)[C@H]2OC2C[C@](C)(NCCC3CCN(C(=O)Nc4ccc(OC(F)(F)F)cc4)CC3)[C@H](O)[C@H](C)O2)Oc2ccc(cc2Cl)[C@H]1O. The highest BCUT2D eigenvalue weighted by Gasteiger charge is 2.53. The summed E-state index contributed by atoms with van der Waals surface area (Å²) >= 11 is 14.3. The molecule has 6 aromatic carbocycles. The molecule has 37 nitrogen and oxygen atoms in total. The number of nitrogens with two attached hydrogens (primary N) is 1. The van der Waals surface area contributed by atoms with E-state index in [0.717, 1.165) is 78.9 Å². The Morgan fingerprint density at radius 2 is 1.33 bits per heavy atom. The number of anilines is 1. The van der Waals surface area contributed by atoms with E-state index in [0.29, 0.717) is 32.4 Å². The molecular formula is C81H92Cl2F3N11O26. The van der Waals surface area contributed by atoms with E-state index in [9.17, 15) is 93.0 Å². The topological polar surface area (TPSA) is 558 Å². The van der Waals surface area contributed by atoms with Gasteiger partial charge in [-0.3, -0.25) is 33.6 Å². The van der Waals surface area contributed by atoms with Crippen molar-refractivity contribution in [2.75, 3.05) is 38.6 Å². The highest BCUT2D eigenvalue weighted by Crippen LogP contribution is 2.50. The van der Waals surface area contributed by atoms with Crippen LogP contribution in [0.1, 0.15) is 124 Å². The van der Waals surface area contributed by atoms with E-state index in [4.69, 9.17) is 57.4 Å². The Bertz CT molecular complexity index is 5000. The second-order valence-electron chi connectivity index (χ2n) is 31.3. The molecular weight excluding hydrogens is 1670 g/mol. The average molecular weight is 1760 g/mol. The van der Waals surface area contributed by atoms with E-state index in [1.54, 1.807) is 25.7 Å². The number of benzene rings is 6. The molecule has 3 fully saturated rings. The van der Waals surface area contributed by atoms with Gasteiger partial charge in [0.1, 0.15) is 95.2 Å². The number of fused-ring (bicyclic) bond motifs is 15. The van der Waals surface area contributed by atoms with Crippen molar-refractivity contribution in [1.29, 1.82) is 0 Å². The number of carboxylic acids is 1. The molecule has 14 rings (SSSR count). The number of likely N-dealkylation sites (tertiary alicyclic amines) is 1. The molecule has 8 aliphatic heterocycles. The Kier molecular flexibility index (Phi) is 28.1. The Labute approximate surface area is 708 Å². The lowest BCUT2D eigenvalue weighted by molar-refractivity contribution is -0.334. The fourth-order valence-electron chi connectivity index (χ4n) is 15.6. The third kappa shape index (κ3) is 20.9. The highest BCUT2D eigenvalue weighted by atomic mass is 35.5. The fraction of sp³-hybridized carbons (Fsp3) is 0.444. The maximum Gasteiger partial charge on any atom is 0.573 e. The Morgan fingerprint density at radius 3 is 1.93 bits per heavy atom. The van der Waals surface area contributed by atoms with Crippen LogP contribution < -0.4 is 72.5 Å². The van der Waals surface area contributed by atoms with Crippen molar-refractivity contribution in [3.8, 4) is 62.9 Å². The van der Waals surface area contributed by atoms with Crippen LogP contribution in [0.25, 0.3) is 11.1 Å². The number of rotatable bonds is 19. The molecule has 0 spiro atoms. The first-order valence-electron chi connectivity index (χ1n) is 39.0. The number of aliphatic hydroxyl groups excluding tert-OH is 6. The van der Waals surface area contributed by atoms with Gasteiger partial charge in [-0.2, -0.15) is 0 Å². The molecule has 6 aromatic rings. The van der Waals surface area contributed by atoms with Crippen LogP contribution in [0, 0.1) is 11.8 Å². The molecule has 11 bridgehead atoms. The van der Waals surface area contributed by atoms with Crippen molar-refractivity contribution in [3.05, 3.63) is 141 Å². The number of amides is 9. The summed E-state index contributed by atoms with van der Waals surface area (Å²) in [5.41, 5.74) is 1.73. The number of phenols is 3. The minimum Gasteiger partial charge on any atom is -0.508 e. The number of piperidine rings is 1.